The van der Waals surface area contributed by atoms with Crippen LogP contribution in [0.1, 0.15) is 37.0 Å². The minimum Gasteiger partial charge on any atom is -0.480 e. The quantitative estimate of drug-likeness (QED) is 0.499. The van der Waals surface area contributed by atoms with Crippen LogP contribution in [-0.2, 0) is 9.59 Å². The maximum absolute atomic E-state index is 12.3. The summed E-state index contributed by atoms with van der Waals surface area (Å²) < 4.78 is 0. The van der Waals surface area contributed by atoms with E-state index < -0.39 is 24.0 Å². The average molecular weight is 386 g/mol. The zero-order valence-electron chi connectivity index (χ0n) is 16.0. The average Bonchev–Trinajstić information content (AvgIpc) is 2.65. The number of nitrogens with one attached hydrogen (secondary N) is 2. The van der Waals surface area contributed by atoms with Crippen molar-refractivity contribution in [2.45, 2.75) is 38.8 Å². The van der Waals surface area contributed by atoms with Gasteiger partial charge < -0.3 is 15.5 Å². The highest BCUT2D eigenvalue weighted by Crippen LogP contribution is 2.15. The first kappa shape index (κ1) is 21.4. The Morgan fingerprint density at radius 2 is 1.57 bits per heavy atom. The summed E-state index contributed by atoms with van der Waals surface area (Å²) in [6.07, 6.45) is 0.402. The molecular formula is C21H26N2O5. The lowest BCUT2D eigenvalue weighted by molar-refractivity contribution is -0.143. The van der Waals surface area contributed by atoms with Gasteiger partial charge >= 0.3 is 11.9 Å². The Balaban J connectivity index is 1.94. The first-order valence-electron chi connectivity index (χ1n) is 9.26. The number of carbonyl (C=O) groups excluding carboxylic acids is 1. The van der Waals surface area contributed by atoms with E-state index in [9.17, 15) is 24.6 Å². The molecule has 2 aromatic rings. The molecule has 0 aromatic heterocycles. The van der Waals surface area contributed by atoms with Crippen molar-refractivity contribution in [2.24, 2.45) is 5.92 Å². The Morgan fingerprint density at radius 3 is 2.18 bits per heavy atom. The molecule has 0 heterocycles. The summed E-state index contributed by atoms with van der Waals surface area (Å²) in [6, 6.07) is 11.0. The van der Waals surface area contributed by atoms with Crippen LogP contribution in [0.4, 0.5) is 0 Å². The van der Waals surface area contributed by atoms with E-state index in [-0.39, 0.29) is 24.8 Å². The summed E-state index contributed by atoms with van der Waals surface area (Å²) in [7, 11) is 0. The molecule has 1 unspecified atom stereocenters. The van der Waals surface area contributed by atoms with E-state index in [0.717, 1.165) is 10.8 Å². The number of carbonyl (C=O) groups is 3. The molecule has 0 saturated heterocycles. The third-order valence-electron chi connectivity index (χ3n) is 4.44. The van der Waals surface area contributed by atoms with Crippen LogP contribution in [-0.4, -0.2) is 46.7 Å². The fourth-order valence-corrected chi connectivity index (χ4v) is 3.00. The van der Waals surface area contributed by atoms with Gasteiger partial charge in [-0.3, -0.25) is 19.7 Å². The summed E-state index contributed by atoms with van der Waals surface area (Å²) in [6.45, 7) is 3.86. The second kappa shape index (κ2) is 9.85. The fraction of sp³-hybridized carbons (Fsp3) is 0.381. The molecule has 0 radical (unpaired) electrons. The minimum absolute atomic E-state index is 0.0799. The van der Waals surface area contributed by atoms with Gasteiger partial charge in [-0.2, -0.15) is 0 Å². The Morgan fingerprint density at radius 1 is 0.929 bits per heavy atom. The lowest BCUT2D eigenvalue weighted by Crippen LogP contribution is -2.49. The van der Waals surface area contributed by atoms with Crippen molar-refractivity contribution in [3.63, 3.8) is 0 Å². The van der Waals surface area contributed by atoms with Gasteiger partial charge in [-0.05, 0) is 41.7 Å². The maximum atomic E-state index is 12.3. The smallest absolute Gasteiger partial charge is 0.320 e. The molecule has 2 aromatic carbocycles. The van der Waals surface area contributed by atoms with Gasteiger partial charge in [0.25, 0.3) is 5.91 Å². The molecule has 0 aliphatic carbocycles. The number of amides is 1. The Hall–Kier alpha value is -2.93. The number of hydrogen-bond donors (Lipinski definition) is 4. The highest BCUT2D eigenvalue weighted by atomic mass is 16.4. The van der Waals surface area contributed by atoms with E-state index >= 15 is 0 Å². The van der Waals surface area contributed by atoms with Crippen LogP contribution in [0.25, 0.3) is 10.8 Å². The predicted octanol–water partition coefficient (Wildman–Crippen LogP) is 2.50. The topological polar surface area (TPSA) is 116 Å². The standard InChI is InChI=1S/C21H26N2O5/c1-13(2)11-18(21(27)28)23-17(20(25)26)9-10-22-19(24)16-8-7-14-5-3-4-6-15(14)12-16/h3-8,12-13,17-18,23H,9-11H2,1-2H3,(H,22,24)(H,25,26)(H,27,28)/t17?,18-/m0/s1. The second-order valence-electron chi connectivity index (χ2n) is 7.18. The van der Waals surface area contributed by atoms with Gasteiger partial charge in [-0.1, -0.05) is 44.2 Å². The summed E-state index contributed by atoms with van der Waals surface area (Å²) in [5, 5.41) is 26.0. The predicted molar refractivity (Wildman–Crippen MR) is 106 cm³/mol. The SMILES string of the molecule is CC(C)C[C@H](NC(CCNC(=O)c1ccc2ccccc2c1)C(=O)O)C(=O)O. The number of carboxylic acids is 2. The molecule has 28 heavy (non-hydrogen) atoms. The zero-order valence-corrected chi connectivity index (χ0v) is 16.0. The normalized spacial score (nSPS) is 13.2. The minimum atomic E-state index is -1.14. The molecule has 4 N–H and O–H groups in total. The number of fused-ring (bicyclic) bond motifs is 1. The number of aliphatic carboxylic acids is 2. The van der Waals surface area contributed by atoms with Crippen LogP contribution in [0.3, 0.4) is 0 Å². The molecule has 7 heteroatoms. The lowest BCUT2D eigenvalue weighted by atomic mass is 10.0. The molecule has 0 fully saturated rings. The van der Waals surface area contributed by atoms with Crippen LogP contribution < -0.4 is 10.6 Å². The van der Waals surface area contributed by atoms with E-state index in [2.05, 4.69) is 10.6 Å². The van der Waals surface area contributed by atoms with E-state index in [1.54, 1.807) is 12.1 Å². The maximum Gasteiger partial charge on any atom is 0.320 e. The summed E-state index contributed by atoms with van der Waals surface area (Å²) in [4.78, 5) is 35.2. The van der Waals surface area contributed by atoms with E-state index in [0.29, 0.717) is 12.0 Å². The third kappa shape index (κ3) is 6.06. The number of rotatable bonds is 10. The largest absolute Gasteiger partial charge is 0.480 e. The van der Waals surface area contributed by atoms with Crippen molar-refractivity contribution in [3.8, 4) is 0 Å². The van der Waals surface area contributed by atoms with Crippen LogP contribution in [0.2, 0.25) is 0 Å². The van der Waals surface area contributed by atoms with Crippen molar-refractivity contribution >= 4 is 28.6 Å². The first-order valence-corrected chi connectivity index (χ1v) is 9.26. The van der Waals surface area contributed by atoms with Crippen LogP contribution in [0.15, 0.2) is 42.5 Å². The van der Waals surface area contributed by atoms with Crippen molar-refractivity contribution in [1.82, 2.24) is 10.6 Å². The first-order chi connectivity index (χ1) is 13.3. The molecular weight excluding hydrogens is 360 g/mol. The zero-order chi connectivity index (χ0) is 20.7. The summed E-state index contributed by atoms with van der Waals surface area (Å²) in [5.74, 6) is -2.42. The van der Waals surface area contributed by atoms with Gasteiger partial charge in [0, 0.05) is 12.1 Å². The molecule has 2 rings (SSSR count). The molecule has 0 bridgehead atoms. The molecule has 0 spiro atoms. The Bertz CT molecular complexity index is 850. The van der Waals surface area contributed by atoms with Crippen molar-refractivity contribution < 1.29 is 24.6 Å². The molecule has 150 valence electrons. The van der Waals surface area contributed by atoms with Crippen molar-refractivity contribution in [3.05, 3.63) is 48.0 Å². The lowest BCUT2D eigenvalue weighted by Gasteiger charge is -2.21. The number of carboxylic acid groups (broad SMARTS) is 2. The van der Waals surface area contributed by atoms with Gasteiger partial charge in [0.1, 0.15) is 12.1 Å². The van der Waals surface area contributed by atoms with Crippen LogP contribution in [0.5, 0.6) is 0 Å². The fourth-order valence-electron chi connectivity index (χ4n) is 3.00. The van der Waals surface area contributed by atoms with Crippen molar-refractivity contribution in [1.29, 1.82) is 0 Å². The highest BCUT2D eigenvalue weighted by molar-refractivity contribution is 5.98. The summed E-state index contributed by atoms with van der Waals surface area (Å²) in [5.41, 5.74) is 0.488. The third-order valence-corrected chi connectivity index (χ3v) is 4.44. The van der Waals surface area contributed by atoms with Crippen molar-refractivity contribution in [2.75, 3.05) is 6.54 Å². The second-order valence-corrected chi connectivity index (χ2v) is 7.18. The Labute approximate surface area is 163 Å². The van der Waals surface area contributed by atoms with Gasteiger partial charge in [0.05, 0.1) is 0 Å². The highest BCUT2D eigenvalue weighted by Gasteiger charge is 2.26. The van der Waals surface area contributed by atoms with E-state index in [4.69, 9.17) is 0 Å². The van der Waals surface area contributed by atoms with Gasteiger partial charge in [-0.15, -0.1) is 0 Å². The molecule has 0 aliphatic rings. The van der Waals surface area contributed by atoms with Gasteiger partial charge in [0.2, 0.25) is 0 Å². The van der Waals surface area contributed by atoms with Gasteiger partial charge in [-0.25, -0.2) is 0 Å². The Kier molecular flexibility index (Phi) is 7.52. The number of benzene rings is 2. The molecule has 2 atom stereocenters. The molecule has 1 amide bonds. The number of hydrogen-bond acceptors (Lipinski definition) is 4. The van der Waals surface area contributed by atoms with Crippen LogP contribution in [0, 0.1) is 5.92 Å². The monoisotopic (exact) mass is 386 g/mol. The van der Waals surface area contributed by atoms with E-state index in [1.165, 1.54) is 0 Å². The van der Waals surface area contributed by atoms with E-state index in [1.807, 2.05) is 44.2 Å². The van der Waals surface area contributed by atoms with Crippen LogP contribution >= 0.6 is 0 Å². The van der Waals surface area contributed by atoms with Gasteiger partial charge in [0.15, 0.2) is 0 Å². The molecule has 7 nitrogen and oxygen atoms in total. The molecule has 0 saturated carbocycles. The molecule has 0 aliphatic heterocycles. The summed E-state index contributed by atoms with van der Waals surface area (Å²) >= 11 is 0.